The summed E-state index contributed by atoms with van der Waals surface area (Å²) in [6.07, 6.45) is 1.56. The number of rotatable bonds is 8. The van der Waals surface area contributed by atoms with Gasteiger partial charge in [0.2, 0.25) is 0 Å². The summed E-state index contributed by atoms with van der Waals surface area (Å²) in [6.45, 7) is 0.269. The van der Waals surface area contributed by atoms with Gasteiger partial charge in [-0.1, -0.05) is 60.1 Å². The third kappa shape index (κ3) is 5.86. The molecule has 0 spiro atoms. The summed E-state index contributed by atoms with van der Waals surface area (Å²) in [5.41, 5.74) is 4.21. The van der Waals surface area contributed by atoms with Crippen LogP contribution in [0.3, 0.4) is 0 Å². The highest BCUT2D eigenvalue weighted by Crippen LogP contribution is 2.21. The summed E-state index contributed by atoms with van der Waals surface area (Å²) in [4.78, 5) is 12.0. The first kappa shape index (κ1) is 21.4. The molecule has 5 nitrogen and oxygen atoms in total. The minimum absolute atomic E-state index is 0.121. The Balaban J connectivity index is 1.23. The molecule has 0 heterocycles. The quantitative estimate of drug-likeness (QED) is 0.284. The van der Waals surface area contributed by atoms with Gasteiger partial charge in [0.1, 0.15) is 18.1 Å². The third-order valence-corrected chi connectivity index (χ3v) is 5.09. The van der Waals surface area contributed by atoms with Gasteiger partial charge in [0.15, 0.2) is 6.61 Å². The van der Waals surface area contributed by atoms with Gasteiger partial charge in [0.25, 0.3) is 5.91 Å². The molecule has 0 aliphatic heterocycles. The zero-order chi connectivity index (χ0) is 22.2. The Morgan fingerprint density at radius 2 is 1.56 bits per heavy atom. The molecular weight excluding hydrogens is 424 g/mol. The van der Waals surface area contributed by atoms with E-state index in [4.69, 9.17) is 21.1 Å². The number of benzene rings is 4. The molecule has 1 N–H and O–H groups in total. The predicted molar refractivity (Wildman–Crippen MR) is 127 cm³/mol. The maximum atomic E-state index is 12.0. The van der Waals surface area contributed by atoms with Gasteiger partial charge in [-0.15, -0.1) is 0 Å². The van der Waals surface area contributed by atoms with Gasteiger partial charge in [0, 0.05) is 10.6 Å². The van der Waals surface area contributed by atoms with Crippen molar-refractivity contribution in [2.45, 2.75) is 6.61 Å². The van der Waals surface area contributed by atoms with Crippen molar-refractivity contribution in [3.05, 3.63) is 107 Å². The highest BCUT2D eigenvalue weighted by molar-refractivity contribution is 6.31. The van der Waals surface area contributed by atoms with E-state index >= 15 is 0 Å². The molecule has 4 rings (SSSR count). The van der Waals surface area contributed by atoms with Crippen LogP contribution in [0.1, 0.15) is 11.1 Å². The van der Waals surface area contributed by atoms with Gasteiger partial charge in [-0.05, 0) is 58.8 Å². The van der Waals surface area contributed by atoms with Crippen molar-refractivity contribution in [3.63, 3.8) is 0 Å². The fraction of sp³-hybridized carbons (Fsp3) is 0.0769. The number of nitrogens with zero attached hydrogens (tertiary/aromatic N) is 1. The van der Waals surface area contributed by atoms with Gasteiger partial charge in [-0.2, -0.15) is 5.10 Å². The van der Waals surface area contributed by atoms with Crippen LogP contribution in [-0.2, 0) is 11.4 Å². The van der Waals surface area contributed by atoms with E-state index in [1.165, 1.54) is 0 Å². The summed E-state index contributed by atoms with van der Waals surface area (Å²) in [5, 5.41) is 6.83. The molecule has 0 fully saturated rings. The highest BCUT2D eigenvalue weighted by atomic mass is 35.5. The third-order valence-electron chi connectivity index (χ3n) is 4.73. The first-order chi connectivity index (χ1) is 15.7. The molecule has 0 unspecified atom stereocenters. The maximum Gasteiger partial charge on any atom is 0.277 e. The van der Waals surface area contributed by atoms with E-state index in [0.717, 1.165) is 27.6 Å². The summed E-state index contributed by atoms with van der Waals surface area (Å²) >= 11 is 6.14. The smallest absolute Gasteiger partial charge is 0.277 e. The van der Waals surface area contributed by atoms with Gasteiger partial charge in [0.05, 0.1) is 6.21 Å². The molecule has 0 saturated heterocycles. The molecule has 0 atom stereocenters. The lowest BCUT2D eigenvalue weighted by atomic mass is 10.1. The van der Waals surface area contributed by atoms with Gasteiger partial charge in [-0.25, -0.2) is 5.43 Å². The maximum absolute atomic E-state index is 12.0. The molecule has 32 heavy (non-hydrogen) atoms. The zero-order valence-electron chi connectivity index (χ0n) is 17.2. The number of ether oxygens (including phenoxy) is 2. The number of hydrogen-bond acceptors (Lipinski definition) is 4. The largest absolute Gasteiger partial charge is 0.489 e. The summed E-state index contributed by atoms with van der Waals surface area (Å²) < 4.78 is 11.3. The average Bonchev–Trinajstić information content (AvgIpc) is 2.83. The molecule has 160 valence electrons. The second kappa shape index (κ2) is 10.5. The Morgan fingerprint density at radius 3 is 2.38 bits per heavy atom. The van der Waals surface area contributed by atoms with Crippen LogP contribution in [0.4, 0.5) is 0 Å². The van der Waals surface area contributed by atoms with Crippen molar-refractivity contribution in [3.8, 4) is 11.5 Å². The van der Waals surface area contributed by atoms with Crippen LogP contribution in [0, 0.1) is 0 Å². The standard InChI is InChI=1S/C26H21ClN2O3/c27-25-8-4-3-7-22(25)17-31-23-12-9-19(10-13-23)16-28-29-26(30)18-32-24-14-11-20-5-1-2-6-21(20)15-24/h1-16H,17-18H2,(H,29,30)/b28-16+. The van der Waals surface area contributed by atoms with Crippen LogP contribution in [0.15, 0.2) is 96.1 Å². The second-order valence-corrected chi connectivity index (χ2v) is 7.45. The Hall–Kier alpha value is -3.83. The zero-order valence-corrected chi connectivity index (χ0v) is 18.0. The molecule has 0 bridgehead atoms. The fourth-order valence-electron chi connectivity index (χ4n) is 3.04. The molecule has 0 aliphatic rings. The van der Waals surface area contributed by atoms with E-state index in [1.807, 2.05) is 91.0 Å². The second-order valence-electron chi connectivity index (χ2n) is 7.04. The minimum atomic E-state index is -0.339. The SMILES string of the molecule is O=C(COc1ccc2ccccc2c1)N/N=C/c1ccc(OCc2ccccc2Cl)cc1. The molecule has 6 heteroatoms. The number of carbonyl (C=O) groups excluding carboxylic acids is 1. The molecule has 4 aromatic carbocycles. The monoisotopic (exact) mass is 444 g/mol. The first-order valence-corrected chi connectivity index (χ1v) is 10.4. The Labute approximate surface area is 191 Å². The van der Waals surface area contributed by atoms with E-state index in [2.05, 4.69) is 10.5 Å². The highest BCUT2D eigenvalue weighted by Gasteiger charge is 2.03. The van der Waals surface area contributed by atoms with E-state index in [9.17, 15) is 4.79 Å². The van der Waals surface area contributed by atoms with Crippen LogP contribution >= 0.6 is 11.6 Å². The predicted octanol–water partition coefficient (Wildman–Crippen LogP) is 5.60. The van der Waals surface area contributed by atoms with Crippen LogP contribution in [0.25, 0.3) is 10.8 Å². The number of hydrazone groups is 1. The van der Waals surface area contributed by atoms with E-state index < -0.39 is 0 Å². The molecule has 0 aliphatic carbocycles. The topological polar surface area (TPSA) is 59.9 Å². The van der Waals surface area contributed by atoms with E-state index in [1.54, 1.807) is 6.21 Å². The lowest BCUT2D eigenvalue weighted by Gasteiger charge is -2.08. The fourth-order valence-corrected chi connectivity index (χ4v) is 3.23. The van der Waals surface area contributed by atoms with Crippen LogP contribution in [0.5, 0.6) is 11.5 Å². The van der Waals surface area contributed by atoms with Crippen LogP contribution in [-0.4, -0.2) is 18.7 Å². The van der Waals surface area contributed by atoms with E-state index in [0.29, 0.717) is 17.4 Å². The lowest BCUT2D eigenvalue weighted by molar-refractivity contribution is -0.123. The molecule has 0 aromatic heterocycles. The lowest BCUT2D eigenvalue weighted by Crippen LogP contribution is -2.24. The number of carbonyl (C=O) groups is 1. The van der Waals surface area contributed by atoms with Crippen molar-refractivity contribution in [1.82, 2.24) is 5.43 Å². The Kier molecular flexibility index (Phi) is 7.00. The summed E-state index contributed by atoms with van der Waals surface area (Å²) in [5.74, 6) is 1.01. The Bertz CT molecular complexity index is 1240. The molecule has 0 radical (unpaired) electrons. The molecular formula is C26H21ClN2O3. The van der Waals surface area contributed by atoms with Crippen molar-refractivity contribution in [2.24, 2.45) is 5.10 Å². The number of nitrogens with one attached hydrogen (secondary N) is 1. The minimum Gasteiger partial charge on any atom is -0.489 e. The first-order valence-electron chi connectivity index (χ1n) is 10.1. The van der Waals surface area contributed by atoms with Gasteiger partial charge < -0.3 is 9.47 Å². The normalized spacial score (nSPS) is 10.9. The summed E-state index contributed by atoms with van der Waals surface area (Å²) in [7, 11) is 0. The molecule has 0 saturated carbocycles. The van der Waals surface area contributed by atoms with Crippen molar-refractivity contribution in [1.29, 1.82) is 0 Å². The number of hydrogen-bond donors (Lipinski definition) is 1. The van der Waals surface area contributed by atoms with Crippen molar-refractivity contribution in [2.75, 3.05) is 6.61 Å². The Morgan fingerprint density at radius 1 is 0.844 bits per heavy atom. The van der Waals surface area contributed by atoms with Gasteiger partial charge in [-0.3, -0.25) is 4.79 Å². The van der Waals surface area contributed by atoms with Crippen LogP contribution in [0.2, 0.25) is 5.02 Å². The number of amides is 1. The summed E-state index contributed by atoms with van der Waals surface area (Å²) in [6, 6.07) is 28.6. The molecule has 1 amide bonds. The number of halogens is 1. The number of fused-ring (bicyclic) bond motifs is 1. The average molecular weight is 445 g/mol. The van der Waals surface area contributed by atoms with Crippen molar-refractivity contribution >= 4 is 34.5 Å². The van der Waals surface area contributed by atoms with Crippen molar-refractivity contribution < 1.29 is 14.3 Å². The van der Waals surface area contributed by atoms with Gasteiger partial charge >= 0.3 is 0 Å². The van der Waals surface area contributed by atoms with Crippen LogP contribution < -0.4 is 14.9 Å². The molecule has 4 aromatic rings. The van der Waals surface area contributed by atoms with E-state index in [-0.39, 0.29) is 12.5 Å².